The first-order chi connectivity index (χ1) is 9.45. The van der Waals surface area contributed by atoms with Gasteiger partial charge in [-0.2, -0.15) is 0 Å². The molecule has 1 rings (SSSR count). The Morgan fingerprint density at radius 1 is 1.33 bits per heavy atom. The highest BCUT2D eigenvalue weighted by molar-refractivity contribution is 14.0. The second-order valence-corrected chi connectivity index (χ2v) is 4.30. The number of benzene rings is 1. The number of carbonyl (C=O) groups excluding carboxylic acids is 1. The summed E-state index contributed by atoms with van der Waals surface area (Å²) in [5, 5.41) is 20.2. The van der Waals surface area contributed by atoms with Gasteiger partial charge in [0.25, 0.3) is 0 Å². The lowest BCUT2D eigenvalue weighted by molar-refractivity contribution is -0.250. The molecule has 0 unspecified atom stereocenters. The maximum absolute atomic E-state index is 9.27. The van der Waals surface area contributed by atoms with Crippen molar-refractivity contribution < 1.29 is 15.0 Å². The Morgan fingerprint density at radius 2 is 1.76 bits per heavy atom. The fraction of sp³-hybridized carbons (Fsp3) is 0.400. The van der Waals surface area contributed by atoms with E-state index in [1.54, 1.807) is 12.1 Å². The smallest absolute Gasteiger partial charge is 0.133 e. The molecule has 1 amide bonds. The summed E-state index contributed by atoms with van der Waals surface area (Å²) in [6, 6.07) is 7.48. The van der Waals surface area contributed by atoms with Gasteiger partial charge in [-0.15, -0.1) is 24.0 Å². The minimum atomic E-state index is -1.25. The molecule has 21 heavy (non-hydrogen) atoms. The summed E-state index contributed by atoms with van der Waals surface area (Å²) in [5.41, 5.74) is 1.23. The largest absolute Gasteiger partial charge is 0.530 e. The van der Waals surface area contributed by atoms with E-state index in [2.05, 4.69) is 20.4 Å². The maximum Gasteiger partial charge on any atom is 0.133 e. The van der Waals surface area contributed by atoms with Crippen LogP contribution in [0, 0.1) is 0 Å². The normalized spacial score (nSPS) is 9.67. The van der Waals surface area contributed by atoms with E-state index in [1.165, 1.54) is 12.7 Å². The number of amides is 1. The van der Waals surface area contributed by atoms with E-state index in [0.29, 0.717) is 5.75 Å². The number of hydrogen-bond acceptors (Lipinski definition) is 3. The number of hydrogen-bond donors (Lipinski definition) is 2. The molecule has 1 aromatic rings. The number of carboxylic acid groups (broad SMARTS) is 1. The summed E-state index contributed by atoms with van der Waals surface area (Å²) >= 11 is 0. The van der Waals surface area contributed by atoms with Crippen LogP contribution in [0.2, 0.25) is 0 Å². The van der Waals surface area contributed by atoms with Crippen LogP contribution in [0.4, 0.5) is 10.5 Å². The number of halogens is 1. The van der Waals surface area contributed by atoms with E-state index >= 15 is 0 Å². The van der Waals surface area contributed by atoms with Crippen LogP contribution in [0.1, 0.15) is 13.8 Å². The Kier molecular flexibility index (Phi) is 11.9. The molecular formula is C15H25IN2O3. The van der Waals surface area contributed by atoms with Gasteiger partial charge in [-0.05, 0) is 32.1 Å². The van der Waals surface area contributed by atoms with Gasteiger partial charge in [-0.1, -0.05) is 6.58 Å². The van der Waals surface area contributed by atoms with Crippen molar-refractivity contribution in [3.63, 3.8) is 0 Å². The van der Waals surface area contributed by atoms with Crippen molar-refractivity contribution in [2.75, 3.05) is 26.7 Å². The zero-order valence-electron chi connectivity index (χ0n) is 12.8. The number of nitrogens with one attached hydrogen (secondary N) is 1. The van der Waals surface area contributed by atoms with E-state index in [-0.39, 0.29) is 24.0 Å². The molecule has 6 heteroatoms. The highest BCUT2D eigenvalue weighted by Gasteiger charge is 2.24. The van der Waals surface area contributed by atoms with Crippen LogP contribution in [0.5, 0.6) is 5.75 Å². The standard InChI is InChI=1S/C13H19NO.C2H5NO2.HI/c1-4-11-14(5-2,6-3)12-7-9-13(15)10-8-12;1-3-2(4)5;/h4,7-10H,1,5-6,11H2,2-3H3;3H,1H3,(H,4,5);1H. The monoisotopic (exact) mass is 408 g/mol. The van der Waals surface area contributed by atoms with Crippen molar-refractivity contribution in [1.29, 1.82) is 0 Å². The molecule has 0 bridgehead atoms. The zero-order valence-corrected chi connectivity index (χ0v) is 15.2. The van der Waals surface area contributed by atoms with Gasteiger partial charge >= 0.3 is 0 Å². The summed E-state index contributed by atoms with van der Waals surface area (Å²) in [7, 11) is 1.29. The molecule has 0 saturated carbocycles. The lowest BCUT2D eigenvalue weighted by Gasteiger charge is -2.35. The Balaban J connectivity index is 0. The van der Waals surface area contributed by atoms with Crippen LogP contribution >= 0.6 is 24.0 Å². The number of phenols is 1. The Hall–Kier alpha value is -1.28. The molecule has 5 nitrogen and oxygen atoms in total. The highest BCUT2D eigenvalue weighted by Crippen LogP contribution is 2.25. The zero-order chi connectivity index (χ0) is 15.6. The van der Waals surface area contributed by atoms with E-state index in [0.717, 1.165) is 24.1 Å². The van der Waals surface area contributed by atoms with Gasteiger partial charge < -0.3 is 20.3 Å². The van der Waals surface area contributed by atoms with Crippen LogP contribution in [-0.2, 0) is 0 Å². The molecule has 0 fully saturated rings. The van der Waals surface area contributed by atoms with Gasteiger partial charge in [-0.25, -0.2) is 0 Å². The van der Waals surface area contributed by atoms with Gasteiger partial charge in [0.05, 0.1) is 13.1 Å². The van der Waals surface area contributed by atoms with Crippen molar-refractivity contribution in [2.24, 2.45) is 0 Å². The molecule has 0 radical (unpaired) electrons. The second-order valence-electron chi connectivity index (χ2n) is 4.30. The first-order valence-corrected chi connectivity index (χ1v) is 6.61. The molecule has 0 aliphatic carbocycles. The number of aromatic hydroxyl groups is 1. The van der Waals surface area contributed by atoms with E-state index in [1.807, 2.05) is 23.5 Å². The van der Waals surface area contributed by atoms with Crippen molar-refractivity contribution in [2.45, 2.75) is 13.8 Å². The maximum atomic E-state index is 9.27. The van der Waals surface area contributed by atoms with Gasteiger partial charge in [-0.3, -0.25) is 4.48 Å². The molecule has 0 saturated heterocycles. The predicted octanol–water partition coefficient (Wildman–Crippen LogP) is 2.09. The Bertz CT molecular complexity index is 417. The molecule has 0 aromatic heterocycles. The molecule has 0 atom stereocenters. The quantitative estimate of drug-likeness (QED) is 0.445. The number of rotatable bonds is 5. The number of carbonyl (C=O) groups is 1. The molecule has 0 aliphatic rings. The average molecular weight is 408 g/mol. The third-order valence-corrected chi connectivity index (χ3v) is 3.29. The highest BCUT2D eigenvalue weighted by atomic mass is 127. The minimum Gasteiger partial charge on any atom is -0.530 e. The van der Waals surface area contributed by atoms with Gasteiger partial charge in [0.2, 0.25) is 0 Å². The first-order valence-electron chi connectivity index (χ1n) is 6.61. The van der Waals surface area contributed by atoms with Crippen molar-refractivity contribution in [3.05, 3.63) is 36.9 Å². The van der Waals surface area contributed by atoms with Crippen LogP contribution in [0.25, 0.3) is 0 Å². The fourth-order valence-corrected chi connectivity index (χ4v) is 1.97. The van der Waals surface area contributed by atoms with Gasteiger partial charge in [0.15, 0.2) is 0 Å². The third kappa shape index (κ3) is 7.33. The van der Waals surface area contributed by atoms with Crippen LogP contribution in [0.3, 0.4) is 0 Å². The summed E-state index contributed by atoms with van der Waals surface area (Å²) in [5.74, 6) is 0.322. The average Bonchev–Trinajstić information content (AvgIpc) is 2.46. The third-order valence-electron chi connectivity index (χ3n) is 3.29. The van der Waals surface area contributed by atoms with E-state index < -0.39 is 6.09 Å². The first kappa shape index (κ1) is 22.0. The lowest BCUT2D eigenvalue weighted by Crippen LogP contribution is -2.48. The summed E-state index contributed by atoms with van der Waals surface area (Å²) < 4.78 is 0.893. The molecule has 1 aromatic carbocycles. The number of quaternary nitrogens is 1. The molecule has 0 spiro atoms. The second kappa shape index (κ2) is 11.4. The Labute approximate surface area is 143 Å². The van der Waals surface area contributed by atoms with Gasteiger partial charge in [0.1, 0.15) is 24.1 Å². The number of nitrogens with zero attached hydrogens (tertiary/aromatic N) is 1. The number of phenolic OH excluding ortho intramolecular Hbond substituents is 1. The van der Waals surface area contributed by atoms with Crippen molar-refractivity contribution in [3.8, 4) is 5.75 Å². The summed E-state index contributed by atoms with van der Waals surface area (Å²) in [6.07, 6.45) is 0.713. The van der Waals surface area contributed by atoms with E-state index in [4.69, 9.17) is 9.90 Å². The predicted molar refractivity (Wildman–Crippen MR) is 95.9 cm³/mol. The molecule has 120 valence electrons. The van der Waals surface area contributed by atoms with Gasteiger partial charge in [0, 0.05) is 19.2 Å². The summed E-state index contributed by atoms with van der Waals surface area (Å²) in [6.45, 7) is 11.2. The fourth-order valence-electron chi connectivity index (χ4n) is 1.97. The number of likely N-dealkylation sites (N-methyl/N-ethyl adjacent to an activating group) is 1. The van der Waals surface area contributed by atoms with Crippen molar-refractivity contribution in [1.82, 2.24) is 9.80 Å². The molecule has 0 heterocycles. The van der Waals surface area contributed by atoms with Crippen LogP contribution in [-0.4, -0.2) is 37.9 Å². The molecular weight excluding hydrogens is 383 g/mol. The topological polar surface area (TPSA) is 72.4 Å². The SMILES string of the molecule is C=CC[N+](CC)(CC)c1ccc(O)cc1.CNC(=O)[O-].I. The Morgan fingerprint density at radius 3 is 2.05 bits per heavy atom. The summed E-state index contributed by atoms with van der Waals surface area (Å²) in [4.78, 5) is 9.15. The van der Waals surface area contributed by atoms with Crippen LogP contribution < -0.4 is 14.9 Å². The molecule has 0 aliphatic heterocycles. The minimum absolute atomic E-state index is 0. The lowest BCUT2D eigenvalue weighted by atomic mass is 10.2. The van der Waals surface area contributed by atoms with Crippen molar-refractivity contribution >= 4 is 35.8 Å². The van der Waals surface area contributed by atoms with Crippen LogP contribution in [0.15, 0.2) is 36.9 Å². The van der Waals surface area contributed by atoms with E-state index in [9.17, 15) is 5.11 Å². The molecule has 2 N–H and O–H groups in total.